The van der Waals surface area contributed by atoms with E-state index in [0.29, 0.717) is 27.9 Å². The highest BCUT2D eigenvalue weighted by Crippen LogP contribution is 2.26. The molecule has 2 rings (SSSR count). The van der Waals surface area contributed by atoms with Gasteiger partial charge < -0.3 is 10.1 Å². The van der Waals surface area contributed by atoms with Gasteiger partial charge in [0, 0.05) is 25.1 Å². The van der Waals surface area contributed by atoms with Crippen LogP contribution in [0.1, 0.15) is 29.3 Å². The van der Waals surface area contributed by atoms with Crippen molar-refractivity contribution in [3.05, 3.63) is 63.6 Å². The zero-order valence-electron chi connectivity index (χ0n) is 13.9. The van der Waals surface area contributed by atoms with Gasteiger partial charge >= 0.3 is 0 Å². The Kier molecular flexibility index (Phi) is 7.29. The van der Waals surface area contributed by atoms with E-state index in [-0.39, 0.29) is 18.3 Å². The molecule has 0 fully saturated rings. The summed E-state index contributed by atoms with van der Waals surface area (Å²) in [6.45, 7) is 2.08. The Morgan fingerprint density at radius 1 is 1.04 bits per heavy atom. The maximum atomic E-state index is 12.2. The van der Waals surface area contributed by atoms with Gasteiger partial charge in [-0.3, -0.25) is 9.59 Å². The monoisotopic (exact) mass is 379 g/mol. The van der Waals surface area contributed by atoms with E-state index in [0.717, 1.165) is 18.4 Å². The average Bonchev–Trinajstić information content (AvgIpc) is 2.60. The SMILES string of the molecule is CC(=O)NCCCc1ccc(C(=O)COc2ccc(Cl)c(Cl)c2)cc1. The van der Waals surface area contributed by atoms with Crippen LogP contribution in [0, 0.1) is 0 Å². The Bertz CT molecular complexity index is 745. The summed E-state index contributed by atoms with van der Waals surface area (Å²) in [5.74, 6) is 0.358. The molecule has 0 spiro atoms. The molecule has 1 N–H and O–H groups in total. The maximum absolute atomic E-state index is 12.2. The molecule has 132 valence electrons. The second kappa shape index (κ2) is 9.44. The molecule has 2 aromatic carbocycles. The number of Topliss-reactive ketones (excluding diaryl/α,β-unsaturated/α-hetero) is 1. The molecule has 0 unspecified atom stereocenters. The van der Waals surface area contributed by atoms with E-state index in [4.69, 9.17) is 27.9 Å². The lowest BCUT2D eigenvalue weighted by Gasteiger charge is -2.07. The fraction of sp³-hybridized carbons (Fsp3) is 0.263. The summed E-state index contributed by atoms with van der Waals surface area (Å²) in [7, 11) is 0. The van der Waals surface area contributed by atoms with E-state index >= 15 is 0 Å². The van der Waals surface area contributed by atoms with Crippen molar-refractivity contribution < 1.29 is 14.3 Å². The van der Waals surface area contributed by atoms with Gasteiger partial charge in [0.15, 0.2) is 12.4 Å². The van der Waals surface area contributed by atoms with Crippen LogP contribution in [0.5, 0.6) is 5.75 Å². The van der Waals surface area contributed by atoms with E-state index in [2.05, 4.69) is 5.32 Å². The molecule has 0 aromatic heterocycles. The molecular weight excluding hydrogens is 361 g/mol. The van der Waals surface area contributed by atoms with Crippen LogP contribution in [-0.4, -0.2) is 24.8 Å². The van der Waals surface area contributed by atoms with E-state index < -0.39 is 0 Å². The van der Waals surface area contributed by atoms with E-state index in [9.17, 15) is 9.59 Å². The number of nitrogens with one attached hydrogen (secondary N) is 1. The predicted molar refractivity (Wildman–Crippen MR) is 99.7 cm³/mol. The molecule has 1 amide bonds. The van der Waals surface area contributed by atoms with Crippen LogP contribution in [0.25, 0.3) is 0 Å². The minimum atomic E-state index is -0.115. The number of benzene rings is 2. The molecule has 0 bridgehead atoms. The lowest BCUT2D eigenvalue weighted by molar-refractivity contribution is -0.118. The van der Waals surface area contributed by atoms with Crippen LogP contribution in [0.3, 0.4) is 0 Å². The number of ketones is 1. The third kappa shape index (κ3) is 6.40. The van der Waals surface area contributed by atoms with Gasteiger partial charge in [0.1, 0.15) is 5.75 Å². The van der Waals surface area contributed by atoms with Gasteiger partial charge in [-0.2, -0.15) is 0 Å². The molecule has 0 aliphatic heterocycles. The van der Waals surface area contributed by atoms with Crippen LogP contribution in [0.4, 0.5) is 0 Å². The van der Waals surface area contributed by atoms with Gasteiger partial charge in [0.2, 0.25) is 5.91 Å². The fourth-order valence-electron chi connectivity index (χ4n) is 2.21. The zero-order chi connectivity index (χ0) is 18.2. The van der Waals surface area contributed by atoms with Crippen LogP contribution < -0.4 is 10.1 Å². The lowest BCUT2D eigenvalue weighted by atomic mass is 10.1. The first-order chi connectivity index (χ1) is 12.0. The highest BCUT2D eigenvalue weighted by molar-refractivity contribution is 6.42. The number of hydrogen-bond donors (Lipinski definition) is 1. The average molecular weight is 380 g/mol. The second-order valence-corrected chi connectivity index (χ2v) is 6.39. The van der Waals surface area contributed by atoms with Crippen LogP contribution in [0.2, 0.25) is 10.0 Å². The maximum Gasteiger partial charge on any atom is 0.216 e. The van der Waals surface area contributed by atoms with Gasteiger partial charge in [-0.1, -0.05) is 47.5 Å². The van der Waals surface area contributed by atoms with Crippen LogP contribution >= 0.6 is 23.2 Å². The van der Waals surface area contributed by atoms with Gasteiger partial charge in [-0.15, -0.1) is 0 Å². The molecule has 4 nitrogen and oxygen atoms in total. The molecule has 0 radical (unpaired) electrons. The third-order valence-electron chi connectivity index (χ3n) is 3.55. The first-order valence-electron chi connectivity index (χ1n) is 7.90. The largest absolute Gasteiger partial charge is 0.485 e. The number of carbonyl (C=O) groups is 2. The Hall–Kier alpha value is -2.04. The highest BCUT2D eigenvalue weighted by atomic mass is 35.5. The number of hydrogen-bond acceptors (Lipinski definition) is 3. The predicted octanol–water partition coefficient (Wildman–Crippen LogP) is 4.32. The summed E-state index contributed by atoms with van der Waals surface area (Å²) < 4.78 is 5.46. The fourth-order valence-corrected chi connectivity index (χ4v) is 2.50. The summed E-state index contributed by atoms with van der Waals surface area (Å²) in [6, 6.07) is 12.3. The van der Waals surface area contributed by atoms with Gasteiger partial charge in [0.05, 0.1) is 10.0 Å². The number of rotatable bonds is 8. The molecule has 0 aliphatic carbocycles. The van der Waals surface area contributed by atoms with Gasteiger partial charge in [-0.25, -0.2) is 0 Å². The summed E-state index contributed by atoms with van der Waals surface area (Å²) in [4.78, 5) is 23.0. The van der Waals surface area contributed by atoms with E-state index in [1.54, 1.807) is 30.3 Å². The van der Waals surface area contributed by atoms with Crippen molar-refractivity contribution in [1.82, 2.24) is 5.32 Å². The molecule has 0 aliphatic rings. The molecule has 0 heterocycles. The highest BCUT2D eigenvalue weighted by Gasteiger charge is 2.08. The van der Waals surface area contributed by atoms with Crippen molar-refractivity contribution in [2.24, 2.45) is 0 Å². The van der Waals surface area contributed by atoms with Crippen molar-refractivity contribution in [2.45, 2.75) is 19.8 Å². The Labute approximate surface area is 157 Å². The summed E-state index contributed by atoms with van der Waals surface area (Å²) in [5, 5.41) is 3.58. The molecule has 0 atom stereocenters. The smallest absolute Gasteiger partial charge is 0.216 e. The molecular formula is C19H19Cl2NO3. The minimum absolute atomic E-state index is 0.0251. The lowest BCUT2D eigenvalue weighted by Crippen LogP contribution is -2.21. The molecule has 25 heavy (non-hydrogen) atoms. The molecule has 0 saturated carbocycles. The van der Waals surface area contributed by atoms with Crippen LogP contribution in [-0.2, 0) is 11.2 Å². The standard InChI is InChI=1S/C19H19Cl2NO3/c1-13(23)22-10-2-3-14-4-6-15(7-5-14)19(24)12-25-16-8-9-17(20)18(21)11-16/h4-9,11H,2-3,10,12H2,1H3,(H,22,23). The van der Waals surface area contributed by atoms with Crippen molar-refractivity contribution in [2.75, 3.05) is 13.2 Å². The number of carbonyl (C=O) groups excluding carboxylic acids is 2. The minimum Gasteiger partial charge on any atom is -0.485 e. The van der Waals surface area contributed by atoms with Gasteiger partial charge in [0.25, 0.3) is 0 Å². The Balaban J connectivity index is 1.83. The zero-order valence-corrected chi connectivity index (χ0v) is 15.4. The third-order valence-corrected chi connectivity index (χ3v) is 4.29. The normalized spacial score (nSPS) is 10.4. The number of halogens is 2. The van der Waals surface area contributed by atoms with Crippen molar-refractivity contribution in [3.8, 4) is 5.75 Å². The number of aryl methyl sites for hydroxylation is 1. The Morgan fingerprint density at radius 2 is 1.76 bits per heavy atom. The number of ether oxygens (including phenoxy) is 1. The Morgan fingerprint density at radius 3 is 2.40 bits per heavy atom. The van der Waals surface area contributed by atoms with E-state index in [1.807, 2.05) is 12.1 Å². The van der Waals surface area contributed by atoms with Crippen molar-refractivity contribution >= 4 is 34.9 Å². The van der Waals surface area contributed by atoms with Crippen molar-refractivity contribution in [3.63, 3.8) is 0 Å². The number of amides is 1. The molecule has 6 heteroatoms. The molecule has 2 aromatic rings. The van der Waals surface area contributed by atoms with Gasteiger partial charge in [-0.05, 0) is 30.5 Å². The summed E-state index contributed by atoms with van der Waals surface area (Å²) in [6.07, 6.45) is 1.70. The topological polar surface area (TPSA) is 55.4 Å². The summed E-state index contributed by atoms with van der Waals surface area (Å²) in [5.41, 5.74) is 1.71. The van der Waals surface area contributed by atoms with Crippen molar-refractivity contribution in [1.29, 1.82) is 0 Å². The summed E-state index contributed by atoms with van der Waals surface area (Å²) >= 11 is 11.8. The first-order valence-corrected chi connectivity index (χ1v) is 8.66. The molecule has 0 saturated heterocycles. The van der Waals surface area contributed by atoms with Crippen LogP contribution in [0.15, 0.2) is 42.5 Å². The first kappa shape index (κ1) is 19.3. The van der Waals surface area contributed by atoms with E-state index in [1.165, 1.54) is 6.92 Å². The second-order valence-electron chi connectivity index (χ2n) is 5.57. The quantitative estimate of drug-likeness (QED) is 0.548.